The first kappa shape index (κ1) is 15.5. The average Bonchev–Trinajstić information content (AvgIpc) is 2.61. The zero-order chi connectivity index (χ0) is 16.1. The summed E-state index contributed by atoms with van der Waals surface area (Å²) < 4.78 is 5.56. The summed E-state index contributed by atoms with van der Waals surface area (Å²) in [6.45, 7) is 3.64. The highest BCUT2D eigenvalue weighted by Crippen LogP contribution is 2.17. The Balaban J connectivity index is 1.69. The van der Waals surface area contributed by atoms with Gasteiger partial charge in [0, 0.05) is 18.9 Å². The van der Waals surface area contributed by atoms with Gasteiger partial charge in [-0.1, -0.05) is 0 Å². The van der Waals surface area contributed by atoms with Crippen molar-refractivity contribution in [2.45, 2.75) is 25.8 Å². The number of rotatable bonds is 4. The number of hydrogen-bond donors (Lipinski definition) is 0. The minimum Gasteiger partial charge on any atom is -0.377 e. The third-order valence-corrected chi connectivity index (χ3v) is 4.02. The molecular weight excluding hydrogens is 294 g/mol. The molecule has 3 heterocycles. The van der Waals surface area contributed by atoms with Crippen molar-refractivity contribution < 1.29 is 9.53 Å². The highest BCUT2D eigenvalue weighted by Gasteiger charge is 2.28. The maximum absolute atomic E-state index is 12.7. The number of morpholine rings is 1. The Morgan fingerprint density at radius 3 is 2.96 bits per heavy atom. The lowest BCUT2D eigenvalue weighted by molar-refractivity contribution is -0.00417. The van der Waals surface area contributed by atoms with Crippen molar-refractivity contribution in [3.05, 3.63) is 47.8 Å². The zero-order valence-electron chi connectivity index (χ0n) is 13.1. The number of carbonyl (C=O) groups is 1. The first-order chi connectivity index (χ1) is 11.3. The molecule has 2 aromatic heterocycles. The second kappa shape index (κ2) is 7.23. The van der Waals surface area contributed by atoms with Crippen LogP contribution in [0.15, 0.2) is 30.9 Å². The van der Waals surface area contributed by atoms with Gasteiger partial charge in [0.1, 0.15) is 0 Å². The number of aromatic nitrogens is 4. The van der Waals surface area contributed by atoms with Crippen LogP contribution in [0.2, 0.25) is 0 Å². The lowest BCUT2D eigenvalue weighted by atomic mass is 10.1. The van der Waals surface area contributed by atoms with Crippen LogP contribution in [-0.2, 0) is 11.2 Å². The average molecular weight is 313 g/mol. The largest absolute Gasteiger partial charge is 0.377 e. The van der Waals surface area contributed by atoms with Crippen LogP contribution in [0.25, 0.3) is 0 Å². The lowest BCUT2D eigenvalue weighted by Crippen LogP contribution is -2.49. The van der Waals surface area contributed by atoms with Gasteiger partial charge in [0.15, 0.2) is 0 Å². The van der Waals surface area contributed by atoms with E-state index in [1.807, 2.05) is 11.8 Å². The van der Waals surface area contributed by atoms with E-state index in [-0.39, 0.29) is 11.9 Å². The van der Waals surface area contributed by atoms with Crippen LogP contribution < -0.4 is 0 Å². The van der Waals surface area contributed by atoms with Gasteiger partial charge < -0.3 is 9.64 Å². The van der Waals surface area contributed by atoms with Gasteiger partial charge in [-0.15, -0.1) is 0 Å². The van der Waals surface area contributed by atoms with E-state index in [1.54, 1.807) is 18.5 Å². The number of amides is 1. The molecule has 1 amide bonds. The Hall–Kier alpha value is -2.41. The van der Waals surface area contributed by atoms with Crippen LogP contribution in [0.5, 0.6) is 0 Å². The Morgan fingerprint density at radius 1 is 1.30 bits per heavy atom. The number of aryl methyl sites for hydroxylation is 2. The minimum absolute atomic E-state index is 0.0240. The first-order valence-corrected chi connectivity index (χ1v) is 7.67. The van der Waals surface area contributed by atoms with E-state index in [0.29, 0.717) is 25.3 Å². The van der Waals surface area contributed by atoms with Crippen LogP contribution in [0.3, 0.4) is 0 Å². The van der Waals surface area contributed by atoms with Crippen molar-refractivity contribution in [1.29, 1.82) is 0 Å². The van der Waals surface area contributed by atoms with Crippen LogP contribution in [-0.4, -0.2) is 56.8 Å². The quantitative estimate of drug-likeness (QED) is 0.839. The van der Waals surface area contributed by atoms with Crippen molar-refractivity contribution in [3.63, 3.8) is 0 Å². The third-order valence-electron chi connectivity index (χ3n) is 4.02. The molecule has 7 heteroatoms. The molecule has 0 aliphatic carbocycles. The molecule has 0 N–H and O–H groups in total. The monoisotopic (exact) mass is 313 g/mol. The summed E-state index contributed by atoms with van der Waals surface area (Å²) in [6, 6.07) is 1.72. The summed E-state index contributed by atoms with van der Waals surface area (Å²) in [7, 11) is 0. The highest BCUT2D eigenvalue weighted by atomic mass is 16.5. The Kier molecular flexibility index (Phi) is 4.87. The molecule has 1 unspecified atom stereocenters. The van der Waals surface area contributed by atoms with E-state index >= 15 is 0 Å². The van der Waals surface area contributed by atoms with Crippen molar-refractivity contribution in [2.75, 3.05) is 19.8 Å². The fraction of sp³-hybridized carbons (Fsp3) is 0.438. The Bertz CT molecular complexity index is 665. The topological polar surface area (TPSA) is 81.1 Å². The summed E-state index contributed by atoms with van der Waals surface area (Å²) in [5.41, 5.74) is 2.46. The molecule has 0 radical (unpaired) electrons. The smallest absolute Gasteiger partial charge is 0.255 e. The molecule has 1 atom stereocenters. The summed E-state index contributed by atoms with van der Waals surface area (Å²) >= 11 is 0. The molecule has 0 saturated carbocycles. The van der Waals surface area contributed by atoms with Gasteiger partial charge >= 0.3 is 0 Å². The molecule has 2 aromatic rings. The number of carbonyl (C=O) groups excluding carboxylic acids is 1. The molecule has 1 aliphatic heterocycles. The van der Waals surface area contributed by atoms with Crippen LogP contribution in [0.4, 0.5) is 0 Å². The predicted octanol–water partition coefficient (Wildman–Crippen LogP) is 1.05. The molecule has 23 heavy (non-hydrogen) atoms. The molecule has 1 saturated heterocycles. The van der Waals surface area contributed by atoms with Crippen LogP contribution in [0, 0.1) is 6.92 Å². The number of ether oxygens (including phenoxy) is 1. The summed E-state index contributed by atoms with van der Waals surface area (Å²) in [5, 5.41) is 7.50. The Morgan fingerprint density at radius 2 is 2.17 bits per heavy atom. The van der Waals surface area contributed by atoms with Crippen molar-refractivity contribution in [1.82, 2.24) is 25.1 Å². The second-order valence-corrected chi connectivity index (χ2v) is 5.49. The van der Waals surface area contributed by atoms with Crippen LogP contribution >= 0.6 is 0 Å². The Labute approximate surface area is 134 Å². The van der Waals surface area contributed by atoms with Gasteiger partial charge in [-0.2, -0.15) is 10.2 Å². The van der Waals surface area contributed by atoms with E-state index in [1.165, 1.54) is 12.4 Å². The molecule has 120 valence electrons. The van der Waals surface area contributed by atoms with Crippen molar-refractivity contribution in [3.8, 4) is 0 Å². The molecule has 1 aliphatic rings. The van der Waals surface area contributed by atoms with Gasteiger partial charge in [0.05, 0.1) is 48.6 Å². The van der Waals surface area contributed by atoms with Gasteiger partial charge in [-0.3, -0.25) is 14.8 Å². The molecule has 0 bridgehead atoms. The fourth-order valence-electron chi connectivity index (χ4n) is 2.73. The second-order valence-electron chi connectivity index (χ2n) is 5.49. The van der Waals surface area contributed by atoms with E-state index in [9.17, 15) is 4.79 Å². The summed E-state index contributed by atoms with van der Waals surface area (Å²) in [4.78, 5) is 23.2. The van der Waals surface area contributed by atoms with E-state index < -0.39 is 0 Å². The SMILES string of the molecule is Cc1nccnc1CCC1COCCN1C(=O)c1ccnnc1. The fourth-order valence-corrected chi connectivity index (χ4v) is 2.73. The van der Waals surface area contributed by atoms with Crippen molar-refractivity contribution in [2.24, 2.45) is 0 Å². The van der Waals surface area contributed by atoms with Gasteiger partial charge in [0.2, 0.25) is 0 Å². The minimum atomic E-state index is -0.0240. The van der Waals surface area contributed by atoms with Crippen LogP contribution in [0.1, 0.15) is 28.2 Å². The summed E-state index contributed by atoms with van der Waals surface area (Å²) in [5.74, 6) is -0.0240. The standard InChI is InChI=1S/C16H19N5O2/c1-12-15(18-7-6-17-12)3-2-14-11-23-9-8-21(14)16(22)13-4-5-19-20-10-13/h4-7,10,14H,2-3,8-9,11H2,1H3. The van der Waals surface area contributed by atoms with Crippen molar-refractivity contribution >= 4 is 5.91 Å². The van der Waals surface area contributed by atoms with Gasteiger partial charge in [-0.25, -0.2) is 0 Å². The van der Waals surface area contributed by atoms with Gasteiger partial charge in [-0.05, 0) is 25.8 Å². The predicted molar refractivity (Wildman–Crippen MR) is 82.8 cm³/mol. The van der Waals surface area contributed by atoms with E-state index in [0.717, 1.165) is 24.2 Å². The normalized spacial score (nSPS) is 18.0. The van der Waals surface area contributed by atoms with E-state index in [4.69, 9.17) is 4.74 Å². The summed E-state index contributed by atoms with van der Waals surface area (Å²) in [6.07, 6.45) is 7.99. The lowest BCUT2D eigenvalue weighted by Gasteiger charge is -2.35. The highest BCUT2D eigenvalue weighted by molar-refractivity contribution is 5.94. The maximum atomic E-state index is 12.7. The first-order valence-electron chi connectivity index (χ1n) is 7.67. The molecular formula is C16H19N5O2. The number of hydrogen-bond acceptors (Lipinski definition) is 6. The maximum Gasteiger partial charge on any atom is 0.255 e. The zero-order valence-corrected chi connectivity index (χ0v) is 13.1. The third kappa shape index (κ3) is 3.68. The van der Waals surface area contributed by atoms with Gasteiger partial charge in [0.25, 0.3) is 5.91 Å². The molecule has 0 spiro atoms. The number of nitrogens with zero attached hydrogens (tertiary/aromatic N) is 5. The molecule has 3 rings (SSSR count). The molecule has 0 aromatic carbocycles. The molecule has 1 fully saturated rings. The van der Waals surface area contributed by atoms with E-state index in [2.05, 4.69) is 20.2 Å². The molecule has 7 nitrogen and oxygen atoms in total.